The fraction of sp³-hybridized carbons (Fsp3) is 0.526. The van der Waals surface area contributed by atoms with Gasteiger partial charge in [-0.15, -0.1) is 34.5 Å². The summed E-state index contributed by atoms with van der Waals surface area (Å²) in [6.07, 6.45) is 0.282. The van der Waals surface area contributed by atoms with Gasteiger partial charge in [-0.05, 0) is 51.1 Å². The van der Waals surface area contributed by atoms with E-state index in [1.165, 1.54) is 6.07 Å². The van der Waals surface area contributed by atoms with Crippen LogP contribution in [0.15, 0.2) is 22.4 Å². The van der Waals surface area contributed by atoms with E-state index in [-0.39, 0.29) is 4.21 Å². The highest BCUT2D eigenvalue weighted by Crippen LogP contribution is 2.38. The molecule has 0 saturated heterocycles. The van der Waals surface area contributed by atoms with Crippen molar-refractivity contribution in [2.45, 2.75) is 43.4 Å². The third-order valence-electron chi connectivity index (χ3n) is 3.51. The number of sulfonamides is 1. The molecule has 1 N–H and O–H groups in total. The summed E-state index contributed by atoms with van der Waals surface area (Å²) in [5.74, 6) is 1.90. The van der Waals surface area contributed by atoms with Gasteiger partial charge in [-0.3, -0.25) is 0 Å². The predicted molar refractivity (Wildman–Crippen MR) is 120 cm³/mol. The van der Waals surface area contributed by atoms with Crippen LogP contribution in [-0.4, -0.2) is 45.1 Å². The molecule has 0 aliphatic rings. The number of benzene rings is 1. The van der Waals surface area contributed by atoms with Crippen LogP contribution in [0.2, 0.25) is 0 Å². The number of carbonyl (C=O) groups excluding carboxylic acids is 1. The first-order valence-electron chi connectivity index (χ1n) is 9.26. The van der Waals surface area contributed by atoms with Gasteiger partial charge in [0.15, 0.2) is 11.5 Å². The van der Waals surface area contributed by atoms with Crippen molar-refractivity contribution in [3.05, 3.63) is 18.2 Å². The van der Waals surface area contributed by atoms with Crippen molar-refractivity contribution in [3.8, 4) is 11.5 Å². The number of halogens is 2. The second kappa shape index (κ2) is 10.7. The first kappa shape index (κ1) is 24.8. The minimum absolute atomic E-state index is 0.0204. The monoisotopic (exact) mass is 497 g/mol. The molecule has 0 saturated carbocycles. The molecule has 0 aliphatic heterocycles. The summed E-state index contributed by atoms with van der Waals surface area (Å²) in [7, 11) is -4.08. The van der Waals surface area contributed by atoms with Gasteiger partial charge in [0, 0.05) is 22.5 Å². The van der Waals surface area contributed by atoms with Crippen molar-refractivity contribution in [1.29, 1.82) is 0 Å². The summed E-state index contributed by atoms with van der Waals surface area (Å²) in [5.41, 5.74) is -0.815. The Morgan fingerprint density at radius 2 is 1.60 bits per heavy atom. The number of hydrogen-bond donors (Lipinski definition) is 1. The number of rotatable bonds is 10. The topological polar surface area (TPSA) is 90.9 Å². The molecule has 0 fully saturated rings. The summed E-state index contributed by atoms with van der Waals surface area (Å²) in [6, 6.07) is 4.91. The highest BCUT2D eigenvalue weighted by Gasteiger charge is 2.25. The third kappa shape index (κ3) is 7.37. The smallest absolute Gasteiger partial charge is 0.421 e. The molecule has 2 rings (SSSR count). The van der Waals surface area contributed by atoms with Gasteiger partial charge >= 0.3 is 6.09 Å². The van der Waals surface area contributed by atoms with Crippen LogP contribution < -0.4 is 14.2 Å². The molecule has 0 radical (unpaired) electrons. The van der Waals surface area contributed by atoms with E-state index in [4.69, 9.17) is 37.4 Å². The normalized spacial score (nSPS) is 12.0. The Morgan fingerprint density at radius 3 is 2.13 bits per heavy atom. The molecular formula is C19H25Cl2NO6S2. The minimum atomic E-state index is -4.08. The Hall–Kier alpha value is -1.42. The van der Waals surface area contributed by atoms with Crippen LogP contribution in [0.1, 0.15) is 33.6 Å². The van der Waals surface area contributed by atoms with Crippen LogP contribution in [-0.2, 0) is 14.8 Å². The Kier molecular flexibility index (Phi) is 8.90. The lowest BCUT2D eigenvalue weighted by Crippen LogP contribution is -2.36. The number of nitrogens with one attached hydrogen (secondary N) is 1. The van der Waals surface area contributed by atoms with Gasteiger partial charge in [0.1, 0.15) is 9.81 Å². The van der Waals surface area contributed by atoms with Crippen LogP contribution in [0.5, 0.6) is 11.5 Å². The van der Waals surface area contributed by atoms with E-state index in [9.17, 15) is 13.2 Å². The molecule has 1 amide bonds. The maximum atomic E-state index is 12.6. The molecule has 1 heterocycles. The Bertz CT molecular complexity index is 922. The van der Waals surface area contributed by atoms with Crippen LogP contribution in [0.3, 0.4) is 0 Å². The number of alkyl halides is 2. The lowest BCUT2D eigenvalue weighted by atomic mass is 10.2. The van der Waals surface area contributed by atoms with Gasteiger partial charge in [-0.2, -0.15) is 0 Å². The molecule has 0 atom stereocenters. The second-order valence-electron chi connectivity index (χ2n) is 7.29. The molecule has 0 spiro atoms. The quantitative estimate of drug-likeness (QED) is 0.361. The van der Waals surface area contributed by atoms with E-state index < -0.39 is 21.7 Å². The number of ether oxygens (including phenoxy) is 3. The predicted octanol–water partition coefficient (Wildman–Crippen LogP) is 5.13. The first-order chi connectivity index (χ1) is 14.1. The zero-order chi connectivity index (χ0) is 22.4. The fourth-order valence-corrected chi connectivity index (χ4v) is 4.81. The van der Waals surface area contributed by atoms with Crippen molar-refractivity contribution < 1.29 is 27.4 Å². The highest BCUT2D eigenvalue weighted by molar-refractivity contribution is 7.92. The van der Waals surface area contributed by atoms with Crippen molar-refractivity contribution >= 4 is 60.7 Å². The number of amides is 1. The Balaban J connectivity index is 2.31. The fourth-order valence-electron chi connectivity index (χ4n) is 2.31. The van der Waals surface area contributed by atoms with E-state index >= 15 is 0 Å². The number of fused-ring (bicyclic) bond motifs is 1. The van der Waals surface area contributed by atoms with Crippen LogP contribution in [0.25, 0.3) is 10.1 Å². The summed E-state index contributed by atoms with van der Waals surface area (Å²) < 4.78 is 44.3. The average molecular weight is 498 g/mol. The van der Waals surface area contributed by atoms with Gasteiger partial charge < -0.3 is 14.2 Å². The van der Waals surface area contributed by atoms with Crippen molar-refractivity contribution in [2.24, 2.45) is 0 Å². The van der Waals surface area contributed by atoms with E-state index in [0.29, 0.717) is 59.4 Å². The molecule has 30 heavy (non-hydrogen) atoms. The van der Waals surface area contributed by atoms with Crippen LogP contribution in [0, 0.1) is 0 Å². The highest BCUT2D eigenvalue weighted by atomic mass is 35.5. The second-order valence-corrected chi connectivity index (χ2v) is 11.0. The molecule has 7 nitrogen and oxygen atoms in total. The van der Waals surface area contributed by atoms with E-state index in [1.807, 2.05) is 4.72 Å². The molecule has 0 unspecified atom stereocenters. The molecule has 2 aromatic rings. The summed E-state index contributed by atoms with van der Waals surface area (Å²) in [6.45, 7) is 5.75. The summed E-state index contributed by atoms with van der Waals surface area (Å²) in [4.78, 5) is 11.9. The zero-order valence-electron chi connectivity index (χ0n) is 17.0. The number of carbonyl (C=O) groups is 1. The molecule has 11 heteroatoms. The minimum Gasteiger partial charge on any atom is -0.490 e. The van der Waals surface area contributed by atoms with E-state index in [2.05, 4.69) is 0 Å². The number of hydrogen-bond acceptors (Lipinski definition) is 7. The molecule has 1 aromatic heterocycles. The molecular weight excluding hydrogens is 473 g/mol. The van der Waals surface area contributed by atoms with Gasteiger partial charge in [-0.25, -0.2) is 17.9 Å². The first-order valence-corrected chi connectivity index (χ1v) is 12.6. The van der Waals surface area contributed by atoms with Gasteiger partial charge in [0.25, 0.3) is 10.0 Å². The molecule has 1 aromatic carbocycles. The lowest BCUT2D eigenvalue weighted by Gasteiger charge is -2.19. The summed E-state index contributed by atoms with van der Waals surface area (Å²) in [5, 5.41) is 0.648. The van der Waals surface area contributed by atoms with Crippen molar-refractivity contribution in [3.63, 3.8) is 0 Å². The standard InChI is InChI=1S/C19H25Cl2NO6S2/c1-19(2,3)28-18(23)22-30(24,25)17-11-13-10-14(26-8-4-6-20)15(12-16(13)29-17)27-9-5-7-21/h10-12H,4-9H2,1-3H3,(H,22,23). The van der Waals surface area contributed by atoms with Crippen molar-refractivity contribution in [1.82, 2.24) is 4.72 Å². The maximum Gasteiger partial charge on any atom is 0.421 e. The SMILES string of the molecule is CC(C)(C)OC(=O)NS(=O)(=O)c1cc2cc(OCCCCl)c(OCCCCl)cc2s1. The molecule has 0 bridgehead atoms. The Morgan fingerprint density at radius 1 is 1.03 bits per heavy atom. The van der Waals surface area contributed by atoms with Gasteiger partial charge in [0.2, 0.25) is 0 Å². The molecule has 0 aliphatic carbocycles. The lowest BCUT2D eigenvalue weighted by molar-refractivity contribution is 0.0570. The largest absolute Gasteiger partial charge is 0.490 e. The maximum absolute atomic E-state index is 12.6. The van der Waals surface area contributed by atoms with Gasteiger partial charge in [-0.1, -0.05) is 0 Å². The van der Waals surface area contributed by atoms with Crippen LogP contribution in [0.4, 0.5) is 4.79 Å². The van der Waals surface area contributed by atoms with E-state index in [0.717, 1.165) is 11.3 Å². The van der Waals surface area contributed by atoms with Gasteiger partial charge in [0.05, 0.1) is 13.2 Å². The van der Waals surface area contributed by atoms with Crippen LogP contribution >= 0.6 is 34.5 Å². The average Bonchev–Trinajstić information content (AvgIpc) is 3.04. The third-order valence-corrected chi connectivity index (χ3v) is 6.93. The Labute approximate surface area is 190 Å². The number of thiophene rings is 1. The zero-order valence-corrected chi connectivity index (χ0v) is 20.1. The summed E-state index contributed by atoms with van der Waals surface area (Å²) >= 11 is 12.4. The van der Waals surface area contributed by atoms with E-state index in [1.54, 1.807) is 32.9 Å². The molecule has 168 valence electrons. The van der Waals surface area contributed by atoms with Crippen molar-refractivity contribution in [2.75, 3.05) is 25.0 Å².